The van der Waals surface area contributed by atoms with Crippen molar-refractivity contribution in [2.75, 3.05) is 26.6 Å². The van der Waals surface area contributed by atoms with Gasteiger partial charge in [0, 0.05) is 27.5 Å². The molecule has 0 amide bonds. The Bertz CT molecular complexity index is 698. The van der Waals surface area contributed by atoms with E-state index < -0.39 is 19.5 Å². The minimum Gasteiger partial charge on any atom is -0.390 e. The Balaban J connectivity index is 1.48. The number of rotatable bonds is 10. The molecule has 1 heterocycles. The van der Waals surface area contributed by atoms with E-state index in [0.717, 1.165) is 44.8 Å². The first kappa shape index (κ1) is 24.9. The first-order chi connectivity index (χ1) is 14.6. The SMILES string of the molecule is Cc1ccc(CC(C)C2(O)CCC3(CC2)OCCO3)cc1COCOCC[Si](C)(C)C. The minimum atomic E-state index is -1.06. The van der Waals surface area contributed by atoms with Gasteiger partial charge in [0.1, 0.15) is 6.79 Å². The van der Waals surface area contributed by atoms with Crippen LogP contribution in [0.2, 0.25) is 25.7 Å². The highest BCUT2D eigenvalue weighted by molar-refractivity contribution is 6.76. The van der Waals surface area contributed by atoms with Gasteiger partial charge in [-0.05, 0) is 54.8 Å². The zero-order valence-electron chi connectivity index (χ0n) is 20.2. The van der Waals surface area contributed by atoms with Crippen molar-refractivity contribution in [2.24, 2.45) is 5.92 Å². The van der Waals surface area contributed by atoms with Crippen LogP contribution in [0.15, 0.2) is 18.2 Å². The molecule has 1 aromatic carbocycles. The zero-order valence-corrected chi connectivity index (χ0v) is 21.2. The van der Waals surface area contributed by atoms with Crippen LogP contribution in [0.4, 0.5) is 0 Å². The summed E-state index contributed by atoms with van der Waals surface area (Å²) in [7, 11) is -1.06. The maximum absolute atomic E-state index is 11.3. The number of aryl methyl sites for hydroxylation is 1. The predicted octanol–water partition coefficient (Wildman–Crippen LogP) is 5.05. The van der Waals surface area contributed by atoms with Gasteiger partial charge in [0.05, 0.1) is 25.4 Å². The lowest BCUT2D eigenvalue weighted by Crippen LogP contribution is -2.47. The van der Waals surface area contributed by atoms with Crippen molar-refractivity contribution in [1.82, 2.24) is 0 Å². The Labute approximate surface area is 189 Å². The molecule has 5 nitrogen and oxygen atoms in total. The quantitative estimate of drug-likeness (QED) is 0.307. The summed E-state index contributed by atoms with van der Waals surface area (Å²) in [5.41, 5.74) is 3.01. The Morgan fingerprint density at radius 3 is 2.39 bits per heavy atom. The van der Waals surface area contributed by atoms with Crippen molar-refractivity contribution >= 4 is 8.07 Å². The normalized spacial score (nSPS) is 21.5. The highest BCUT2D eigenvalue weighted by Crippen LogP contribution is 2.44. The lowest BCUT2D eigenvalue weighted by Gasteiger charge is -2.43. The Kier molecular flexibility index (Phi) is 8.38. The maximum atomic E-state index is 11.3. The van der Waals surface area contributed by atoms with E-state index in [-0.39, 0.29) is 5.92 Å². The molecule has 3 rings (SSSR count). The van der Waals surface area contributed by atoms with Crippen molar-refractivity contribution in [1.29, 1.82) is 0 Å². The molecule has 2 fully saturated rings. The molecule has 1 aliphatic heterocycles. The Morgan fingerprint density at radius 2 is 1.74 bits per heavy atom. The number of hydrogen-bond acceptors (Lipinski definition) is 5. The van der Waals surface area contributed by atoms with Gasteiger partial charge in [-0.15, -0.1) is 0 Å². The monoisotopic (exact) mass is 450 g/mol. The Hall–Kier alpha value is -0.763. The summed E-state index contributed by atoms with van der Waals surface area (Å²) in [6.07, 6.45) is 3.86. The van der Waals surface area contributed by atoms with Crippen molar-refractivity contribution < 1.29 is 24.1 Å². The average molecular weight is 451 g/mol. The van der Waals surface area contributed by atoms with Gasteiger partial charge in [0.25, 0.3) is 0 Å². The van der Waals surface area contributed by atoms with Crippen molar-refractivity contribution in [3.05, 3.63) is 34.9 Å². The molecule has 6 heteroatoms. The fraction of sp³-hybridized carbons (Fsp3) is 0.760. The van der Waals surface area contributed by atoms with Crippen LogP contribution in [0.1, 0.15) is 49.3 Å². The molecule has 1 saturated carbocycles. The van der Waals surface area contributed by atoms with E-state index in [1.54, 1.807) is 0 Å². The van der Waals surface area contributed by atoms with Gasteiger partial charge in [-0.3, -0.25) is 0 Å². The lowest BCUT2D eigenvalue weighted by atomic mass is 9.72. The first-order valence-electron chi connectivity index (χ1n) is 11.9. The van der Waals surface area contributed by atoms with Gasteiger partial charge in [0.15, 0.2) is 5.79 Å². The molecule has 176 valence electrons. The second kappa shape index (κ2) is 10.4. The van der Waals surface area contributed by atoms with Gasteiger partial charge in [-0.1, -0.05) is 44.8 Å². The largest absolute Gasteiger partial charge is 0.390 e. The van der Waals surface area contributed by atoms with Crippen LogP contribution in [0.3, 0.4) is 0 Å². The van der Waals surface area contributed by atoms with Crippen LogP contribution in [-0.4, -0.2) is 51.2 Å². The highest BCUT2D eigenvalue weighted by Gasteiger charge is 2.47. The molecular formula is C25H42O5Si. The van der Waals surface area contributed by atoms with Gasteiger partial charge in [0.2, 0.25) is 0 Å². The third-order valence-electron chi connectivity index (χ3n) is 6.98. The first-order valence-corrected chi connectivity index (χ1v) is 15.6. The summed E-state index contributed by atoms with van der Waals surface area (Å²) in [5.74, 6) is -0.259. The minimum absolute atomic E-state index is 0.174. The van der Waals surface area contributed by atoms with Gasteiger partial charge in [-0.2, -0.15) is 0 Å². The van der Waals surface area contributed by atoms with E-state index in [1.165, 1.54) is 16.7 Å². The molecule has 1 aromatic rings. The second-order valence-corrected chi connectivity index (χ2v) is 16.4. The second-order valence-electron chi connectivity index (χ2n) is 10.8. The lowest BCUT2D eigenvalue weighted by molar-refractivity contribution is -0.209. The number of aliphatic hydroxyl groups is 1. The third kappa shape index (κ3) is 7.11. The van der Waals surface area contributed by atoms with Gasteiger partial charge < -0.3 is 24.1 Å². The van der Waals surface area contributed by atoms with E-state index in [0.29, 0.717) is 26.6 Å². The number of hydrogen-bond donors (Lipinski definition) is 1. The average Bonchev–Trinajstić information content (AvgIpc) is 3.17. The van der Waals surface area contributed by atoms with E-state index in [9.17, 15) is 5.11 Å². The summed E-state index contributed by atoms with van der Waals surface area (Å²) in [4.78, 5) is 0. The standard InChI is InChI=1S/C25H42O5Si/c1-20-6-7-22(17-23(20)18-28-19-27-14-15-31(3,4)5)16-21(2)24(26)8-10-25(11-9-24)29-12-13-30-25/h6-7,17,21,26H,8-16,18-19H2,1-5H3. The van der Waals surface area contributed by atoms with Gasteiger partial charge >= 0.3 is 0 Å². The maximum Gasteiger partial charge on any atom is 0.168 e. The van der Waals surface area contributed by atoms with Crippen LogP contribution >= 0.6 is 0 Å². The molecule has 1 N–H and O–H groups in total. The summed E-state index contributed by atoms with van der Waals surface area (Å²) in [5, 5.41) is 11.3. The summed E-state index contributed by atoms with van der Waals surface area (Å²) in [6, 6.07) is 7.72. The molecule has 1 aliphatic carbocycles. The van der Waals surface area contributed by atoms with E-state index in [4.69, 9.17) is 18.9 Å². The topological polar surface area (TPSA) is 57.2 Å². The zero-order chi connectivity index (χ0) is 22.5. The van der Waals surface area contributed by atoms with Crippen LogP contribution in [0.5, 0.6) is 0 Å². The summed E-state index contributed by atoms with van der Waals surface area (Å²) in [6.45, 7) is 14.4. The van der Waals surface area contributed by atoms with E-state index in [2.05, 4.69) is 51.7 Å². The molecule has 1 unspecified atom stereocenters. The van der Waals surface area contributed by atoms with E-state index >= 15 is 0 Å². The molecule has 0 aromatic heterocycles. The summed E-state index contributed by atoms with van der Waals surface area (Å²) >= 11 is 0. The van der Waals surface area contributed by atoms with Crippen LogP contribution < -0.4 is 0 Å². The summed E-state index contributed by atoms with van der Waals surface area (Å²) < 4.78 is 23.1. The fourth-order valence-corrected chi connectivity index (χ4v) is 5.30. The highest BCUT2D eigenvalue weighted by atomic mass is 28.3. The molecule has 1 saturated heterocycles. The molecule has 1 spiro atoms. The van der Waals surface area contributed by atoms with Crippen molar-refractivity contribution in [3.63, 3.8) is 0 Å². The van der Waals surface area contributed by atoms with Crippen LogP contribution in [-0.2, 0) is 32.0 Å². The number of benzene rings is 1. The number of ether oxygens (including phenoxy) is 4. The molecule has 1 atom stereocenters. The molecule has 0 bridgehead atoms. The van der Waals surface area contributed by atoms with Crippen molar-refractivity contribution in [2.45, 2.75) is 89.6 Å². The molecule has 31 heavy (non-hydrogen) atoms. The van der Waals surface area contributed by atoms with Gasteiger partial charge in [-0.25, -0.2) is 0 Å². The predicted molar refractivity (Wildman–Crippen MR) is 126 cm³/mol. The molecule has 2 aliphatic rings. The smallest absolute Gasteiger partial charge is 0.168 e. The van der Waals surface area contributed by atoms with Crippen LogP contribution in [0, 0.1) is 12.8 Å². The Morgan fingerprint density at radius 1 is 1.06 bits per heavy atom. The van der Waals surface area contributed by atoms with Crippen LogP contribution in [0.25, 0.3) is 0 Å². The molecule has 0 radical (unpaired) electrons. The fourth-order valence-electron chi connectivity index (χ4n) is 4.54. The van der Waals surface area contributed by atoms with E-state index in [1.807, 2.05) is 0 Å². The third-order valence-corrected chi connectivity index (χ3v) is 8.69. The molecular weight excluding hydrogens is 408 g/mol. The van der Waals surface area contributed by atoms with Crippen molar-refractivity contribution in [3.8, 4) is 0 Å².